The van der Waals surface area contributed by atoms with Gasteiger partial charge >= 0.3 is 0 Å². The number of benzene rings is 1. The Morgan fingerprint density at radius 2 is 2.08 bits per heavy atom. The molecule has 1 aromatic rings. The van der Waals surface area contributed by atoms with Gasteiger partial charge in [0.05, 0.1) is 0 Å². The van der Waals surface area contributed by atoms with Crippen LogP contribution in [-0.2, 0) is 15.6 Å². The molecule has 0 aliphatic carbocycles. The lowest BCUT2D eigenvalue weighted by Crippen LogP contribution is -2.17. The van der Waals surface area contributed by atoms with E-state index in [1.54, 1.807) is 12.1 Å². The van der Waals surface area contributed by atoms with E-state index in [4.69, 9.17) is 10.7 Å². The van der Waals surface area contributed by atoms with Gasteiger partial charge in [-0.2, -0.15) is 0 Å². The molecule has 1 aliphatic heterocycles. The molecule has 0 aromatic heterocycles. The van der Waals surface area contributed by atoms with Crippen molar-refractivity contribution in [2.24, 2.45) is 0 Å². The molecule has 5 heteroatoms. The second-order valence-corrected chi connectivity index (χ2v) is 5.65. The molecule has 1 N–H and O–H groups in total. The predicted octanol–water partition coefficient (Wildman–Crippen LogP) is 1.36. The average Bonchev–Trinajstić information content (AvgIpc) is 2.45. The Hall–Kier alpha value is -0.580. The largest absolute Gasteiger partial charge is 0.292 e. The number of hydrogen-bond donors (Lipinski definition) is 1. The first-order chi connectivity index (χ1) is 6.09. The molecule has 0 spiro atoms. The summed E-state index contributed by atoms with van der Waals surface area (Å²) in [6.07, 6.45) is 0. The van der Waals surface area contributed by atoms with Crippen molar-refractivity contribution in [2.75, 3.05) is 0 Å². The van der Waals surface area contributed by atoms with Crippen molar-refractivity contribution in [3.8, 4) is 0 Å². The molecular formula is C8H8ClNO2S. The number of fused-ring (bicyclic) bond motifs is 1. The van der Waals surface area contributed by atoms with E-state index in [1.807, 2.05) is 12.1 Å². The first kappa shape index (κ1) is 8.99. The van der Waals surface area contributed by atoms with Crippen LogP contribution in [-0.4, -0.2) is 8.42 Å². The van der Waals surface area contributed by atoms with Gasteiger partial charge < -0.3 is 0 Å². The molecule has 1 aliphatic rings. The highest BCUT2D eigenvalue weighted by molar-refractivity contribution is 8.13. The Balaban J connectivity index is 2.51. The molecule has 2 rings (SSSR count). The number of hydrogen-bond acceptors (Lipinski definition) is 3. The van der Waals surface area contributed by atoms with E-state index < -0.39 is 14.4 Å². The third-order valence-corrected chi connectivity index (χ3v) is 3.62. The predicted molar refractivity (Wildman–Crippen MR) is 50.8 cm³/mol. The van der Waals surface area contributed by atoms with Crippen LogP contribution >= 0.6 is 10.7 Å². The van der Waals surface area contributed by atoms with Gasteiger partial charge in [-0.15, -0.1) is 0 Å². The van der Waals surface area contributed by atoms with Gasteiger partial charge in [-0.3, -0.25) is 5.32 Å². The lowest BCUT2D eigenvalue weighted by molar-refractivity contribution is 0.582. The van der Waals surface area contributed by atoms with E-state index in [1.165, 1.54) is 0 Å². The van der Waals surface area contributed by atoms with Crippen LogP contribution in [0.3, 0.4) is 0 Å². The zero-order valence-electron chi connectivity index (χ0n) is 6.70. The number of rotatable bonds is 1. The maximum absolute atomic E-state index is 11.1. The molecule has 3 nitrogen and oxygen atoms in total. The van der Waals surface area contributed by atoms with E-state index >= 15 is 0 Å². The highest BCUT2D eigenvalue weighted by atomic mass is 35.7. The summed E-state index contributed by atoms with van der Waals surface area (Å²) >= 11 is 0. The zero-order valence-corrected chi connectivity index (χ0v) is 8.27. The highest BCUT2D eigenvalue weighted by Gasteiger charge is 2.30. The Labute approximate surface area is 81.1 Å². The zero-order chi connectivity index (χ0) is 9.47. The van der Waals surface area contributed by atoms with Crippen molar-refractivity contribution in [3.05, 3.63) is 35.4 Å². The van der Waals surface area contributed by atoms with E-state index in [0.29, 0.717) is 6.54 Å². The Morgan fingerprint density at radius 3 is 2.77 bits per heavy atom. The summed E-state index contributed by atoms with van der Waals surface area (Å²) in [5, 5.41) is 2.10. The van der Waals surface area contributed by atoms with Gasteiger partial charge in [0.25, 0.3) is 9.05 Å². The van der Waals surface area contributed by atoms with Crippen LogP contribution in [0.25, 0.3) is 0 Å². The molecule has 0 radical (unpaired) electrons. The minimum absolute atomic E-state index is 0.562. The summed E-state index contributed by atoms with van der Waals surface area (Å²) in [5.41, 5.74) is 1.76. The molecule has 13 heavy (non-hydrogen) atoms. The van der Waals surface area contributed by atoms with E-state index in [2.05, 4.69) is 5.32 Å². The fraction of sp³-hybridized carbons (Fsp3) is 0.250. The summed E-state index contributed by atoms with van der Waals surface area (Å²) in [6, 6.07) is 7.36. The van der Waals surface area contributed by atoms with Gasteiger partial charge in [0.15, 0.2) is 5.37 Å². The van der Waals surface area contributed by atoms with Crippen molar-refractivity contribution in [2.45, 2.75) is 11.9 Å². The van der Waals surface area contributed by atoms with Gasteiger partial charge in [-0.1, -0.05) is 24.3 Å². The van der Waals surface area contributed by atoms with E-state index in [0.717, 1.165) is 11.1 Å². The first-order valence-electron chi connectivity index (χ1n) is 3.84. The van der Waals surface area contributed by atoms with Crippen LogP contribution in [0.15, 0.2) is 24.3 Å². The van der Waals surface area contributed by atoms with Crippen LogP contribution in [0.1, 0.15) is 16.5 Å². The first-order valence-corrected chi connectivity index (χ1v) is 6.21. The highest BCUT2D eigenvalue weighted by Crippen LogP contribution is 2.30. The lowest BCUT2D eigenvalue weighted by Gasteiger charge is -2.06. The van der Waals surface area contributed by atoms with Gasteiger partial charge in [0.2, 0.25) is 0 Å². The van der Waals surface area contributed by atoms with Crippen LogP contribution in [0.2, 0.25) is 0 Å². The SMILES string of the molecule is O=S(=O)(Cl)C1NCc2ccccc21. The maximum Gasteiger partial charge on any atom is 0.252 e. The molecule has 1 atom stereocenters. The monoisotopic (exact) mass is 217 g/mol. The number of nitrogens with one attached hydrogen (secondary N) is 1. The van der Waals surface area contributed by atoms with Crippen molar-refractivity contribution < 1.29 is 8.42 Å². The third kappa shape index (κ3) is 1.57. The normalized spacial score (nSPS) is 21.5. The molecule has 0 amide bonds. The quantitative estimate of drug-likeness (QED) is 0.723. The molecular weight excluding hydrogens is 210 g/mol. The lowest BCUT2D eigenvalue weighted by atomic mass is 10.1. The number of halogens is 1. The minimum Gasteiger partial charge on any atom is -0.292 e. The third-order valence-electron chi connectivity index (χ3n) is 2.10. The van der Waals surface area contributed by atoms with Crippen LogP contribution in [0.5, 0.6) is 0 Å². The van der Waals surface area contributed by atoms with Crippen LogP contribution < -0.4 is 5.32 Å². The second-order valence-electron chi connectivity index (χ2n) is 2.94. The molecule has 1 heterocycles. The summed E-state index contributed by atoms with van der Waals surface area (Å²) < 4.78 is 22.2. The van der Waals surface area contributed by atoms with Gasteiger partial charge in [0, 0.05) is 17.2 Å². The second kappa shape index (κ2) is 2.97. The van der Waals surface area contributed by atoms with Crippen LogP contribution in [0.4, 0.5) is 0 Å². The molecule has 1 aromatic carbocycles. The molecule has 0 saturated carbocycles. The van der Waals surface area contributed by atoms with Crippen LogP contribution in [0, 0.1) is 0 Å². The smallest absolute Gasteiger partial charge is 0.252 e. The summed E-state index contributed by atoms with van der Waals surface area (Å²) in [4.78, 5) is 0. The fourth-order valence-electron chi connectivity index (χ4n) is 1.51. The summed E-state index contributed by atoms with van der Waals surface area (Å²) in [5.74, 6) is 0. The average molecular weight is 218 g/mol. The van der Waals surface area contributed by atoms with E-state index in [-0.39, 0.29) is 0 Å². The van der Waals surface area contributed by atoms with E-state index in [9.17, 15) is 8.42 Å². The Bertz CT molecular complexity index is 430. The van der Waals surface area contributed by atoms with Crippen molar-refractivity contribution in [3.63, 3.8) is 0 Å². The molecule has 0 fully saturated rings. The van der Waals surface area contributed by atoms with Crippen molar-refractivity contribution in [1.29, 1.82) is 0 Å². The van der Waals surface area contributed by atoms with Crippen molar-refractivity contribution >= 4 is 19.7 Å². The molecule has 0 bridgehead atoms. The van der Waals surface area contributed by atoms with Gasteiger partial charge in [0.1, 0.15) is 0 Å². The minimum atomic E-state index is -3.55. The molecule has 0 saturated heterocycles. The summed E-state index contributed by atoms with van der Waals surface area (Å²) in [6.45, 7) is 0.562. The topological polar surface area (TPSA) is 46.2 Å². The summed E-state index contributed by atoms with van der Waals surface area (Å²) in [7, 11) is 1.72. The standard InChI is InChI=1S/C8H8ClNO2S/c9-13(11,12)8-7-4-2-1-3-6(7)5-10-8/h1-4,8,10H,5H2. The Morgan fingerprint density at radius 1 is 1.38 bits per heavy atom. The van der Waals surface area contributed by atoms with Gasteiger partial charge in [-0.05, 0) is 11.1 Å². The molecule has 70 valence electrons. The molecule has 1 unspecified atom stereocenters. The van der Waals surface area contributed by atoms with Gasteiger partial charge in [-0.25, -0.2) is 8.42 Å². The maximum atomic E-state index is 11.1. The van der Waals surface area contributed by atoms with Crippen molar-refractivity contribution in [1.82, 2.24) is 5.32 Å². The fourth-order valence-corrected chi connectivity index (χ4v) is 2.81. The Kier molecular flexibility index (Phi) is 2.06.